The molecule has 0 heterocycles. The third-order valence-corrected chi connectivity index (χ3v) is 8.06. The minimum Gasteiger partial charge on any atom is -0.301 e. The molecule has 0 aromatic heterocycles. The molecule has 0 spiro atoms. The average Bonchev–Trinajstić information content (AvgIpc) is 1.82. The topological polar surface area (TPSA) is 17.1 Å². The monoisotopic (exact) mass is 218 g/mol. The smallest absolute Gasteiger partial charge is 0.137 e. The van der Waals surface area contributed by atoms with Gasteiger partial charge in [0.25, 0.3) is 0 Å². The van der Waals surface area contributed by atoms with E-state index in [4.69, 9.17) is 11.6 Å². The maximum atomic E-state index is 11.8. The van der Waals surface area contributed by atoms with Crippen LogP contribution in [0.15, 0.2) is 11.1 Å². The van der Waals surface area contributed by atoms with E-state index in [0.29, 0.717) is 5.03 Å². The molecule has 0 saturated heterocycles. The summed E-state index contributed by atoms with van der Waals surface area (Å²) in [6.07, 6.45) is 1.57. The lowest BCUT2D eigenvalue weighted by Gasteiger charge is -2.34. The molecule has 3 heteroatoms. The molecule has 0 aliphatic carbocycles. The van der Waals surface area contributed by atoms with E-state index in [0.717, 1.165) is 0 Å². The van der Waals surface area contributed by atoms with E-state index >= 15 is 0 Å². The van der Waals surface area contributed by atoms with Gasteiger partial charge in [-0.1, -0.05) is 45.5 Å². The molecule has 0 bridgehead atoms. The van der Waals surface area contributed by atoms with Crippen LogP contribution in [0.3, 0.4) is 0 Å². The molecule has 0 aliphatic rings. The van der Waals surface area contributed by atoms with Crippen LogP contribution in [0.4, 0.5) is 0 Å². The quantitative estimate of drug-likeness (QED) is 0.510. The van der Waals surface area contributed by atoms with Crippen LogP contribution in [-0.2, 0) is 4.79 Å². The fourth-order valence-corrected chi connectivity index (χ4v) is 2.24. The second kappa shape index (κ2) is 3.97. The molecule has 0 N–H and O–H groups in total. The normalized spacial score (nSPS) is 14.5. The molecule has 13 heavy (non-hydrogen) atoms. The van der Waals surface area contributed by atoms with Crippen LogP contribution in [0.1, 0.15) is 27.7 Å². The van der Waals surface area contributed by atoms with Crippen molar-refractivity contribution in [1.82, 2.24) is 0 Å². The SMILES string of the molecule is C/C(Cl)=C\C(=O)[Si](C)(C)C(C)(C)C. The van der Waals surface area contributed by atoms with Gasteiger partial charge in [-0.15, -0.1) is 0 Å². The molecule has 0 aliphatic heterocycles. The molecule has 1 nitrogen and oxygen atoms in total. The lowest BCUT2D eigenvalue weighted by atomic mass is 10.2. The molecule has 0 saturated carbocycles. The largest absolute Gasteiger partial charge is 0.301 e. The summed E-state index contributed by atoms with van der Waals surface area (Å²) in [4.78, 5) is 11.8. The first-order chi connectivity index (χ1) is 5.59. The molecule has 0 aromatic rings. The highest BCUT2D eigenvalue weighted by Gasteiger charge is 2.40. The van der Waals surface area contributed by atoms with E-state index in [9.17, 15) is 4.79 Å². The number of hydrogen-bond donors (Lipinski definition) is 0. The fourth-order valence-electron chi connectivity index (χ4n) is 0.731. The Morgan fingerprint density at radius 3 is 1.92 bits per heavy atom. The number of rotatable bonds is 2. The Bertz CT molecular complexity index is 232. The summed E-state index contributed by atoms with van der Waals surface area (Å²) in [5.74, 6) is 0. The molecule has 0 rings (SSSR count). The minimum atomic E-state index is -1.87. The van der Waals surface area contributed by atoms with Gasteiger partial charge in [0.15, 0.2) is 0 Å². The highest BCUT2D eigenvalue weighted by Crippen LogP contribution is 2.36. The van der Waals surface area contributed by atoms with Crippen LogP contribution < -0.4 is 0 Å². The van der Waals surface area contributed by atoms with Gasteiger partial charge in [-0.05, 0) is 18.0 Å². The summed E-state index contributed by atoms with van der Waals surface area (Å²) < 4.78 is 0. The van der Waals surface area contributed by atoms with E-state index < -0.39 is 8.07 Å². The summed E-state index contributed by atoms with van der Waals surface area (Å²) in [7, 11) is -1.87. The summed E-state index contributed by atoms with van der Waals surface area (Å²) in [5.41, 5.74) is 0. The number of carbonyl (C=O) groups is 1. The molecule has 0 unspecified atom stereocenters. The molecule has 0 aromatic carbocycles. The summed E-state index contributed by atoms with van der Waals surface area (Å²) in [5, 5.41) is 0.898. The third-order valence-electron chi connectivity index (χ3n) is 2.82. The molecular weight excluding hydrogens is 200 g/mol. The molecule has 76 valence electrons. The van der Waals surface area contributed by atoms with E-state index in [1.807, 2.05) is 0 Å². The second-order valence-corrected chi connectivity index (χ2v) is 10.8. The van der Waals surface area contributed by atoms with Crippen molar-refractivity contribution >= 4 is 25.1 Å². The van der Waals surface area contributed by atoms with Crippen molar-refractivity contribution in [2.24, 2.45) is 0 Å². The number of allylic oxidation sites excluding steroid dienone is 2. The van der Waals surface area contributed by atoms with Gasteiger partial charge in [0, 0.05) is 5.03 Å². The van der Waals surface area contributed by atoms with E-state index in [1.165, 1.54) is 0 Å². The zero-order valence-electron chi connectivity index (χ0n) is 9.36. The first-order valence-corrected chi connectivity index (χ1v) is 7.85. The van der Waals surface area contributed by atoms with Crippen LogP contribution in [0, 0.1) is 0 Å². The minimum absolute atomic E-state index is 0.0902. The van der Waals surface area contributed by atoms with Crippen LogP contribution in [0.25, 0.3) is 0 Å². The number of hydrogen-bond acceptors (Lipinski definition) is 1. The maximum absolute atomic E-state index is 11.8. The third kappa shape index (κ3) is 3.28. The molecule has 0 amide bonds. The molecule has 0 radical (unpaired) electrons. The zero-order valence-corrected chi connectivity index (χ0v) is 11.1. The Labute approximate surface area is 87.2 Å². The van der Waals surface area contributed by atoms with Crippen molar-refractivity contribution in [2.75, 3.05) is 0 Å². The summed E-state index contributed by atoms with van der Waals surface area (Å²) in [6, 6.07) is 0. The molecular formula is C10H19ClOSi. The van der Waals surface area contributed by atoms with Crippen molar-refractivity contribution in [3.8, 4) is 0 Å². The average molecular weight is 219 g/mol. The first kappa shape index (κ1) is 12.9. The lowest BCUT2D eigenvalue weighted by Crippen LogP contribution is -2.45. The van der Waals surface area contributed by atoms with Crippen molar-refractivity contribution in [3.05, 3.63) is 11.1 Å². The van der Waals surface area contributed by atoms with Gasteiger partial charge in [-0.2, -0.15) is 0 Å². The van der Waals surface area contributed by atoms with E-state index in [2.05, 4.69) is 33.9 Å². The summed E-state index contributed by atoms with van der Waals surface area (Å²) >= 11 is 5.69. The predicted octanol–water partition coefficient (Wildman–Crippen LogP) is 3.75. The number of halogens is 1. The molecule has 0 atom stereocenters. The fraction of sp³-hybridized carbons (Fsp3) is 0.700. The van der Waals surface area contributed by atoms with Gasteiger partial charge < -0.3 is 4.79 Å². The Morgan fingerprint density at radius 2 is 1.69 bits per heavy atom. The standard InChI is InChI=1S/C10H19ClOSi/c1-8(11)7-9(12)13(5,6)10(2,3)4/h7H,1-6H3/b8-7+. The van der Waals surface area contributed by atoms with Crippen LogP contribution >= 0.6 is 11.6 Å². The number of carbonyl (C=O) groups excluding carboxylic acids is 1. The van der Waals surface area contributed by atoms with Crippen molar-refractivity contribution in [1.29, 1.82) is 0 Å². The maximum Gasteiger partial charge on any atom is 0.137 e. The van der Waals surface area contributed by atoms with Crippen molar-refractivity contribution < 1.29 is 4.79 Å². The second-order valence-electron chi connectivity index (χ2n) is 4.97. The zero-order chi connectivity index (χ0) is 10.9. The Kier molecular flexibility index (Phi) is 3.94. The van der Waals surface area contributed by atoms with Gasteiger partial charge in [0.05, 0.1) is 0 Å². The van der Waals surface area contributed by atoms with Gasteiger partial charge >= 0.3 is 0 Å². The lowest BCUT2D eigenvalue weighted by molar-refractivity contribution is -0.108. The van der Waals surface area contributed by atoms with E-state index in [-0.39, 0.29) is 10.4 Å². The Morgan fingerprint density at radius 1 is 1.31 bits per heavy atom. The van der Waals surface area contributed by atoms with Gasteiger partial charge in [0.2, 0.25) is 0 Å². The van der Waals surface area contributed by atoms with E-state index in [1.54, 1.807) is 13.0 Å². The highest BCUT2D eigenvalue weighted by atomic mass is 35.5. The first-order valence-electron chi connectivity index (χ1n) is 4.47. The Balaban J connectivity index is 4.87. The van der Waals surface area contributed by atoms with Gasteiger partial charge in [0.1, 0.15) is 13.5 Å². The van der Waals surface area contributed by atoms with Crippen LogP contribution in [0.2, 0.25) is 18.1 Å². The highest BCUT2D eigenvalue weighted by molar-refractivity contribution is 7.07. The van der Waals surface area contributed by atoms with Gasteiger partial charge in [-0.3, -0.25) is 0 Å². The summed E-state index contributed by atoms with van der Waals surface area (Å²) in [6.45, 7) is 12.3. The van der Waals surface area contributed by atoms with Crippen molar-refractivity contribution in [3.63, 3.8) is 0 Å². The van der Waals surface area contributed by atoms with Crippen molar-refractivity contribution in [2.45, 2.75) is 45.8 Å². The van der Waals surface area contributed by atoms with Crippen LogP contribution in [0.5, 0.6) is 0 Å². The van der Waals surface area contributed by atoms with Crippen LogP contribution in [-0.4, -0.2) is 13.5 Å². The molecule has 0 fully saturated rings. The Hall–Kier alpha value is -0.0831. The predicted molar refractivity (Wildman–Crippen MR) is 61.8 cm³/mol. The van der Waals surface area contributed by atoms with Gasteiger partial charge in [-0.25, -0.2) is 0 Å².